The molecular weight excluding hydrogens is 320 g/mol. The van der Waals surface area contributed by atoms with Crippen molar-refractivity contribution in [1.29, 1.82) is 0 Å². The molecule has 5 nitrogen and oxygen atoms in total. The number of aromatic nitrogens is 4. The van der Waals surface area contributed by atoms with Gasteiger partial charge in [0, 0.05) is 23.4 Å². The van der Waals surface area contributed by atoms with Gasteiger partial charge in [0.2, 0.25) is 0 Å². The van der Waals surface area contributed by atoms with E-state index < -0.39 is 0 Å². The lowest BCUT2D eigenvalue weighted by molar-refractivity contribution is 0.954. The van der Waals surface area contributed by atoms with Crippen LogP contribution in [0.2, 0.25) is 0 Å². The van der Waals surface area contributed by atoms with Crippen molar-refractivity contribution >= 4 is 51.2 Å². The van der Waals surface area contributed by atoms with Gasteiger partial charge in [0.25, 0.3) is 5.56 Å². The summed E-state index contributed by atoms with van der Waals surface area (Å²) in [4.78, 5) is 17.0. The van der Waals surface area contributed by atoms with Crippen molar-refractivity contribution < 1.29 is 0 Å². The van der Waals surface area contributed by atoms with Gasteiger partial charge in [-0.05, 0) is 6.26 Å². The Bertz CT molecular complexity index is 762. The molecule has 0 radical (unpaired) electrons. The van der Waals surface area contributed by atoms with Crippen LogP contribution in [0.5, 0.6) is 0 Å². The molecule has 0 saturated carbocycles. The van der Waals surface area contributed by atoms with Crippen molar-refractivity contribution in [1.82, 2.24) is 19.6 Å². The Hall–Kier alpha value is -0.900. The van der Waals surface area contributed by atoms with Crippen molar-refractivity contribution in [3.05, 3.63) is 33.7 Å². The van der Waals surface area contributed by atoms with E-state index in [9.17, 15) is 4.79 Å². The highest BCUT2D eigenvalue weighted by Gasteiger charge is 2.07. The molecule has 0 N–H and O–H groups in total. The summed E-state index contributed by atoms with van der Waals surface area (Å²) in [5.41, 5.74) is 0.738. The zero-order valence-electron chi connectivity index (χ0n) is 9.77. The number of fused-ring (bicyclic) bond motifs is 1. The van der Waals surface area contributed by atoms with Crippen LogP contribution in [0.25, 0.3) is 4.96 Å². The lowest BCUT2D eigenvalue weighted by Gasteiger charge is -1.98. The summed E-state index contributed by atoms with van der Waals surface area (Å²) in [6.07, 6.45) is 3.71. The van der Waals surface area contributed by atoms with Gasteiger partial charge in [0.1, 0.15) is 0 Å². The standard InChI is InChI=1S/C10H8N4OS4/c1-16-9-12-13-10(19-9)18-5-6-4-7(15)14-2-3-17-8(14)11-6/h2-4H,5H2,1H3. The topological polar surface area (TPSA) is 60.2 Å². The van der Waals surface area contributed by atoms with Gasteiger partial charge >= 0.3 is 0 Å². The van der Waals surface area contributed by atoms with E-state index >= 15 is 0 Å². The number of rotatable bonds is 4. The quantitative estimate of drug-likeness (QED) is 0.686. The van der Waals surface area contributed by atoms with Crippen LogP contribution >= 0.6 is 46.2 Å². The summed E-state index contributed by atoms with van der Waals surface area (Å²) in [5.74, 6) is 0.632. The Labute approximate surface area is 125 Å². The van der Waals surface area contributed by atoms with E-state index in [2.05, 4.69) is 15.2 Å². The Kier molecular flexibility index (Phi) is 3.87. The van der Waals surface area contributed by atoms with Gasteiger partial charge < -0.3 is 0 Å². The first-order valence-electron chi connectivity index (χ1n) is 5.22. The predicted octanol–water partition coefficient (Wildman–Crippen LogP) is 2.62. The molecule has 0 bridgehead atoms. The molecule has 3 rings (SSSR count). The third-order valence-corrected chi connectivity index (χ3v) is 6.08. The van der Waals surface area contributed by atoms with E-state index in [0.717, 1.165) is 19.3 Å². The average Bonchev–Trinajstić information content (AvgIpc) is 3.05. The molecule has 0 unspecified atom stereocenters. The fraction of sp³-hybridized carbons (Fsp3) is 0.200. The van der Waals surface area contributed by atoms with Gasteiger partial charge in [-0.25, -0.2) is 4.98 Å². The maximum Gasteiger partial charge on any atom is 0.258 e. The summed E-state index contributed by atoms with van der Waals surface area (Å²) < 4.78 is 3.40. The number of thiazole rings is 1. The van der Waals surface area contributed by atoms with Crippen molar-refractivity contribution in [3.63, 3.8) is 0 Å². The fourth-order valence-corrected chi connectivity index (χ4v) is 4.50. The van der Waals surface area contributed by atoms with Crippen LogP contribution in [-0.2, 0) is 5.75 Å². The molecule has 3 aromatic rings. The van der Waals surface area contributed by atoms with Crippen LogP contribution < -0.4 is 5.56 Å². The largest absolute Gasteiger partial charge is 0.269 e. The van der Waals surface area contributed by atoms with E-state index in [0.29, 0.717) is 5.75 Å². The van der Waals surface area contributed by atoms with Crippen LogP contribution in [0.4, 0.5) is 0 Å². The Balaban J connectivity index is 1.79. The molecule has 3 aromatic heterocycles. The molecule has 0 aliphatic carbocycles. The number of hydrogen-bond acceptors (Lipinski definition) is 8. The van der Waals surface area contributed by atoms with E-state index in [1.54, 1.807) is 51.5 Å². The van der Waals surface area contributed by atoms with Gasteiger partial charge in [-0.1, -0.05) is 34.9 Å². The first-order chi connectivity index (χ1) is 9.26. The second kappa shape index (κ2) is 5.61. The molecule has 0 atom stereocenters. The van der Waals surface area contributed by atoms with Crippen molar-refractivity contribution in [3.8, 4) is 0 Å². The summed E-state index contributed by atoms with van der Waals surface area (Å²) >= 11 is 6.15. The zero-order valence-corrected chi connectivity index (χ0v) is 13.0. The summed E-state index contributed by atoms with van der Waals surface area (Å²) in [6, 6.07) is 1.57. The average molecular weight is 328 g/mol. The van der Waals surface area contributed by atoms with Crippen LogP contribution in [0.15, 0.2) is 31.1 Å². The first-order valence-corrected chi connectivity index (χ1v) is 9.13. The number of hydrogen-bond donors (Lipinski definition) is 0. The monoisotopic (exact) mass is 328 g/mol. The second-order valence-corrected chi connectivity index (χ2v) is 7.59. The molecular formula is C10H8N4OS4. The Morgan fingerprint density at radius 1 is 1.37 bits per heavy atom. The fourth-order valence-electron chi connectivity index (χ4n) is 1.44. The third kappa shape index (κ3) is 2.83. The number of thioether (sulfide) groups is 2. The highest BCUT2D eigenvalue weighted by atomic mass is 32.2. The van der Waals surface area contributed by atoms with Crippen molar-refractivity contribution in [2.75, 3.05) is 6.26 Å². The lowest BCUT2D eigenvalue weighted by Crippen LogP contribution is -2.12. The molecule has 0 saturated heterocycles. The molecule has 0 spiro atoms. The molecule has 0 amide bonds. The zero-order chi connectivity index (χ0) is 13.2. The van der Waals surface area contributed by atoms with Crippen LogP contribution in [0.1, 0.15) is 5.69 Å². The van der Waals surface area contributed by atoms with E-state index in [1.165, 1.54) is 11.3 Å². The second-order valence-electron chi connectivity index (χ2n) is 3.47. The maximum absolute atomic E-state index is 11.8. The minimum atomic E-state index is -0.0380. The highest BCUT2D eigenvalue weighted by Crippen LogP contribution is 2.29. The summed E-state index contributed by atoms with van der Waals surface area (Å²) in [5, 5.41) is 9.97. The maximum atomic E-state index is 11.8. The van der Waals surface area contributed by atoms with Crippen LogP contribution in [-0.4, -0.2) is 25.8 Å². The predicted molar refractivity (Wildman–Crippen MR) is 80.6 cm³/mol. The summed E-state index contributed by atoms with van der Waals surface area (Å²) in [6.45, 7) is 0. The molecule has 98 valence electrons. The molecule has 19 heavy (non-hydrogen) atoms. The molecule has 0 aliphatic rings. The van der Waals surface area contributed by atoms with Gasteiger partial charge in [-0.15, -0.1) is 21.5 Å². The smallest absolute Gasteiger partial charge is 0.258 e. The van der Waals surface area contributed by atoms with Crippen LogP contribution in [0.3, 0.4) is 0 Å². The normalized spacial score (nSPS) is 11.2. The van der Waals surface area contributed by atoms with Gasteiger partial charge in [0.15, 0.2) is 13.6 Å². The van der Waals surface area contributed by atoms with E-state index in [1.807, 2.05) is 11.6 Å². The minimum absolute atomic E-state index is 0.0380. The van der Waals surface area contributed by atoms with Crippen LogP contribution in [0, 0.1) is 0 Å². The van der Waals surface area contributed by atoms with Gasteiger partial charge in [0.05, 0.1) is 5.69 Å². The minimum Gasteiger partial charge on any atom is -0.269 e. The lowest BCUT2D eigenvalue weighted by atomic mass is 10.4. The third-order valence-electron chi connectivity index (χ3n) is 2.26. The molecule has 3 heterocycles. The van der Waals surface area contributed by atoms with E-state index in [4.69, 9.17) is 0 Å². The number of nitrogens with zero attached hydrogens (tertiary/aromatic N) is 4. The first kappa shape index (κ1) is 13.1. The van der Waals surface area contributed by atoms with E-state index in [-0.39, 0.29) is 5.56 Å². The SMILES string of the molecule is CSc1nnc(SCc2cc(=O)n3ccsc3n2)s1. The van der Waals surface area contributed by atoms with Crippen molar-refractivity contribution in [2.24, 2.45) is 0 Å². The highest BCUT2D eigenvalue weighted by molar-refractivity contribution is 8.02. The Morgan fingerprint density at radius 2 is 2.21 bits per heavy atom. The van der Waals surface area contributed by atoms with Gasteiger partial charge in [-0.2, -0.15) is 0 Å². The molecule has 0 fully saturated rings. The summed E-state index contributed by atoms with van der Waals surface area (Å²) in [7, 11) is 0. The molecule has 0 aromatic carbocycles. The Morgan fingerprint density at radius 3 is 3.00 bits per heavy atom. The molecule has 0 aliphatic heterocycles. The molecule has 9 heteroatoms. The van der Waals surface area contributed by atoms with Crippen molar-refractivity contribution in [2.45, 2.75) is 14.4 Å². The van der Waals surface area contributed by atoms with Gasteiger partial charge in [-0.3, -0.25) is 9.20 Å².